The van der Waals surface area contributed by atoms with Crippen molar-refractivity contribution in [1.82, 2.24) is 24.9 Å². The Balaban J connectivity index is 2.04. The Bertz CT molecular complexity index is 484. The largest absolute Gasteiger partial charge is 0.316 e. The van der Waals surface area contributed by atoms with Crippen molar-refractivity contribution in [3.05, 3.63) is 23.9 Å². The Morgan fingerprint density at radius 3 is 3.27 bits per heavy atom. The first-order valence-electron chi connectivity index (χ1n) is 5.22. The first-order valence-corrected chi connectivity index (χ1v) is 5.22. The number of aromatic nitrogens is 4. The van der Waals surface area contributed by atoms with E-state index in [1.165, 1.54) is 0 Å². The molecule has 5 nitrogen and oxygen atoms in total. The molecule has 2 aromatic heterocycles. The molecule has 1 aliphatic heterocycles. The van der Waals surface area contributed by atoms with Crippen LogP contribution in [0.5, 0.6) is 0 Å². The molecule has 3 rings (SSSR count). The maximum atomic E-state index is 4.42. The highest BCUT2D eigenvalue weighted by molar-refractivity contribution is 5.38. The van der Waals surface area contributed by atoms with Gasteiger partial charge in [0.25, 0.3) is 0 Å². The molecule has 0 bridgehead atoms. The highest BCUT2D eigenvalue weighted by Crippen LogP contribution is 2.20. The first kappa shape index (κ1) is 8.79. The van der Waals surface area contributed by atoms with E-state index < -0.39 is 0 Å². The van der Waals surface area contributed by atoms with Gasteiger partial charge in [-0.25, -0.2) is 14.5 Å². The van der Waals surface area contributed by atoms with Crippen molar-refractivity contribution in [2.75, 3.05) is 13.1 Å². The average Bonchev–Trinajstić information content (AvgIpc) is 2.82. The fourth-order valence-electron chi connectivity index (χ4n) is 2.05. The molecule has 1 aliphatic rings. The van der Waals surface area contributed by atoms with Crippen LogP contribution in [0.3, 0.4) is 0 Å². The van der Waals surface area contributed by atoms with E-state index in [1.54, 1.807) is 10.8 Å². The second-order valence-electron chi connectivity index (χ2n) is 3.97. The molecule has 1 atom stereocenters. The van der Waals surface area contributed by atoms with Crippen LogP contribution < -0.4 is 5.32 Å². The van der Waals surface area contributed by atoms with Gasteiger partial charge in [-0.1, -0.05) is 0 Å². The summed E-state index contributed by atoms with van der Waals surface area (Å²) < 4.78 is 1.72. The van der Waals surface area contributed by atoms with Gasteiger partial charge in [0, 0.05) is 18.5 Å². The molecular weight excluding hydrogens is 190 g/mol. The Morgan fingerprint density at radius 2 is 2.47 bits per heavy atom. The smallest absolute Gasteiger partial charge is 0.159 e. The Hall–Kier alpha value is -1.49. The lowest BCUT2D eigenvalue weighted by atomic mass is 10.1. The monoisotopic (exact) mass is 203 g/mol. The summed E-state index contributed by atoms with van der Waals surface area (Å²) >= 11 is 0. The number of fused-ring (bicyclic) bond motifs is 1. The summed E-state index contributed by atoms with van der Waals surface area (Å²) in [6.07, 6.45) is 2.92. The van der Waals surface area contributed by atoms with Gasteiger partial charge in [0.15, 0.2) is 5.65 Å². The molecule has 1 fully saturated rings. The second kappa shape index (κ2) is 3.27. The zero-order valence-electron chi connectivity index (χ0n) is 8.64. The van der Waals surface area contributed by atoms with Crippen molar-refractivity contribution in [3.63, 3.8) is 0 Å². The fraction of sp³-hybridized carbons (Fsp3) is 0.500. The van der Waals surface area contributed by atoms with E-state index in [9.17, 15) is 0 Å². The lowest BCUT2D eigenvalue weighted by Crippen LogP contribution is -2.09. The number of hydrogen-bond donors (Lipinski definition) is 1. The molecule has 0 spiro atoms. The van der Waals surface area contributed by atoms with Crippen LogP contribution in [0.2, 0.25) is 0 Å². The van der Waals surface area contributed by atoms with E-state index in [4.69, 9.17) is 0 Å². The molecule has 1 N–H and O–H groups in total. The van der Waals surface area contributed by atoms with Crippen molar-refractivity contribution in [1.29, 1.82) is 0 Å². The van der Waals surface area contributed by atoms with E-state index in [-0.39, 0.29) is 0 Å². The number of rotatable bonds is 1. The van der Waals surface area contributed by atoms with Gasteiger partial charge in [-0.2, -0.15) is 5.10 Å². The third-order valence-electron chi connectivity index (χ3n) is 2.84. The van der Waals surface area contributed by atoms with E-state index in [2.05, 4.69) is 20.4 Å². The maximum absolute atomic E-state index is 4.42. The summed E-state index contributed by atoms with van der Waals surface area (Å²) in [4.78, 5) is 8.76. The van der Waals surface area contributed by atoms with Crippen molar-refractivity contribution < 1.29 is 0 Å². The molecule has 2 aromatic rings. The molecule has 1 saturated heterocycles. The van der Waals surface area contributed by atoms with Crippen LogP contribution >= 0.6 is 0 Å². The highest BCUT2D eigenvalue weighted by Gasteiger charge is 2.18. The number of nitrogens with zero attached hydrogens (tertiary/aromatic N) is 4. The van der Waals surface area contributed by atoms with E-state index in [1.807, 2.05) is 13.0 Å². The molecule has 1 unspecified atom stereocenters. The normalized spacial score (nSPS) is 21.3. The Kier molecular flexibility index (Phi) is 1.92. The summed E-state index contributed by atoms with van der Waals surface area (Å²) in [5, 5.41) is 7.55. The van der Waals surface area contributed by atoms with Gasteiger partial charge < -0.3 is 5.32 Å². The van der Waals surface area contributed by atoms with Gasteiger partial charge in [-0.15, -0.1) is 0 Å². The van der Waals surface area contributed by atoms with Crippen molar-refractivity contribution in [2.24, 2.45) is 0 Å². The summed E-state index contributed by atoms with van der Waals surface area (Å²) in [7, 11) is 0. The molecule has 3 heterocycles. The quantitative estimate of drug-likeness (QED) is 0.733. The van der Waals surface area contributed by atoms with Crippen LogP contribution in [0.1, 0.15) is 23.9 Å². The van der Waals surface area contributed by atoms with Gasteiger partial charge >= 0.3 is 0 Å². The van der Waals surface area contributed by atoms with E-state index >= 15 is 0 Å². The van der Waals surface area contributed by atoms with Gasteiger partial charge in [0.2, 0.25) is 0 Å². The lowest BCUT2D eigenvalue weighted by Gasteiger charge is -2.06. The predicted octanol–water partition coefficient (Wildman–Crippen LogP) is 0.510. The van der Waals surface area contributed by atoms with E-state index in [0.717, 1.165) is 36.7 Å². The third kappa shape index (κ3) is 1.48. The zero-order valence-corrected chi connectivity index (χ0v) is 8.64. The molecule has 78 valence electrons. The fourth-order valence-corrected chi connectivity index (χ4v) is 2.05. The summed E-state index contributed by atoms with van der Waals surface area (Å²) in [5.74, 6) is 1.32. The first-order chi connectivity index (χ1) is 7.33. The van der Waals surface area contributed by atoms with Crippen molar-refractivity contribution in [3.8, 4) is 0 Å². The standard InChI is InChI=1S/C10H13N5/c1-7-13-10-4-9(8-2-3-11-5-8)12-6-15(10)14-7/h4,6,8,11H,2-3,5H2,1H3. The zero-order chi connectivity index (χ0) is 10.3. The summed E-state index contributed by atoms with van der Waals surface area (Å²) in [6, 6.07) is 2.04. The minimum Gasteiger partial charge on any atom is -0.316 e. The highest BCUT2D eigenvalue weighted by atomic mass is 15.3. The summed E-state index contributed by atoms with van der Waals surface area (Å²) in [6.45, 7) is 4.00. The van der Waals surface area contributed by atoms with Gasteiger partial charge in [-0.3, -0.25) is 0 Å². The lowest BCUT2D eigenvalue weighted by molar-refractivity contribution is 0.724. The number of nitrogens with one attached hydrogen (secondary N) is 1. The van der Waals surface area contributed by atoms with Crippen LogP contribution in [0, 0.1) is 6.92 Å². The predicted molar refractivity (Wildman–Crippen MR) is 55.7 cm³/mol. The van der Waals surface area contributed by atoms with E-state index in [0.29, 0.717) is 5.92 Å². The molecule has 5 heteroatoms. The molecule has 0 radical (unpaired) electrons. The Labute approximate surface area is 87.5 Å². The Morgan fingerprint density at radius 1 is 1.53 bits per heavy atom. The van der Waals surface area contributed by atoms with Crippen LogP contribution in [0.25, 0.3) is 5.65 Å². The van der Waals surface area contributed by atoms with Crippen LogP contribution in [0.4, 0.5) is 0 Å². The minimum absolute atomic E-state index is 0.534. The third-order valence-corrected chi connectivity index (χ3v) is 2.84. The topological polar surface area (TPSA) is 55.1 Å². The molecular formula is C10H13N5. The molecule has 0 aliphatic carbocycles. The minimum atomic E-state index is 0.534. The number of aryl methyl sites for hydroxylation is 1. The van der Waals surface area contributed by atoms with Gasteiger partial charge in [-0.05, 0) is 19.9 Å². The van der Waals surface area contributed by atoms with Crippen LogP contribution in [-0.4, -0.2) is 32.7 Å². The number of hydrogen-bond acceptors (Lipinski definition) is 4. The summed E-state index contributed by atoms with van der Waals surface area (Å²) in [5.41, 5.74) is 2.02. The SMILES string of the molecule is Cc1nc2cc(C3CCNC3)ncn2n1. The van der Waals surface area contributed by atoms with Crippen LogP contribution in [0.15, 0.2) is 12.4 Å². The molecule has 0 aromatic carbocycles. The molecule has 0 amide bonds. The average molecular weight is 203 g/mol. The van der Waals surface area contributed by atoms with Crippen molar-refractivity contribution >= 4 is 5.65 Å². The van der Waals surface area contributed by atoms with Crippen LogP contribution in [-0.2, 0) is 0 Å². The maximum Gasteiger partial charge on any atom is 0.159 e. The second-order valence-corrected chi connectivity index (χ2v) is 3.97. The van der Waals surface area contributed by atoms with Gasteiger partial charge in [0.1, 0.15) is 12.2 Å². The molecule has 0 saturated carbocycles. The van der Waals surface area contributed by atoms with Crippen molar-refractivity contribution in [2.45, 2.75) is 19.3 Å². The molecule has 15 heavy (non-hydrogen) atoms. The van der Waals surface area contributed by atoms with Gasteiger partial charge in [0.05, 0.1) is 5.69 Å².